The van der Waals surface area contributed by atoms with E-state index in [0.717, 1.165) is 9.35 Å². The van der Waals surface area contributed by atoms with Crippen LogP contribution in [-0.4, -0.2) is 21.0 Å². The van der Waals surface area contributed by atoms with Crippen molar-refractivity contribution in [3.05, 3.63) is 32.8 Å². The molecule has 0 saturated carbocycles. The van der Waals surface area contributed by atoms with E-state index < -0.39 is 5.97 Å². The van der Waals surface area contributed by atoms with Crippen molar-refractivity contribution in [1.29, 1.82) is 0 Å². The summed E-state index contributed by atoms with van der Waals surface area (Å²) in [5, 5.41) is 10.8. The van der Waals surface area contributed by atoms with E-state index in [1.807, 2.05) is 11.4 Å². The van der Waals surface area contributed by atoms with Gasteiger partial charge < -0.3 is 5.11 Å². The molecule has 0 saturated heterocycles. The lowest BCUT2D eigenvalue weighted by molar-refractivity contribution is 0.0690. The minimum absolute atomic E-state index is 0.0341. The topological polar surface area (TPSA) is 63.1 Å². The number of carbonyl (C=O) groups is 1. The van der Waals surface area contributed by atoms with E-state index >= 15 is 0 Å². The Morgan fingerprint density at radius 2 is 2.31 bits per heavy atom. The molecule has 0 bridgehead atoms. The first kappa shape index (κ1) is 11.5. The molecule has 2 aromatic rings. The lowest BCUT2D eigenvalue weighted by Crippen LogP contribution is -2.03. The molecule has 0 spiro atoms. The molecular weight excluding hydrogens is 316 g/mol. The number of aromatic carboxylic acids is 1. The van der Waals surface area contributed by atoms with Gasteiger partial charge in [0.1, 0.15) is 0 Å². The molecule has 0 amide bonds. The van der Waals surface area contributed by atoms with Crippen LogP contribution in [0.5, 0.6) is 0 Å². The highest BCUT2D eigenvalue weighted by molar-refractivity contribution is 9.10. The third-order valence-electron chi connectivity index (χ3n) is 1.73. The van der Waals surface area contributed by atoms with Gasteiger partial charge in [0.2, 0.25) is 0 Å². The first-order chi connectivity index (χ1) is 7.58. The average Bonchev–Trinajstić information content (AvgIpc) is 2.65. The Kier molecular flexibility index (Phi) is 3.22. The number of aromatic nitrogens is 2. The largest absolute Gasteiger partial charge is 0.476 e. The first-order valence-electron chi connectivity index (χ1n) is 4.08. The summed E-state index contributed by atoms with van der Waals surface area (Å²) in [7, 11) is 0. The van der Waals surface area contributed by atoms with Crippen LogP contribution in [0.25, 0.3) is 10.7 Å². The van der Waals surface area contributed by atoms with Crippen molar-refractivity contribution in [2.75, 3.05) is 0 Å². The van der Waals surface area contributed by atoms with Gasteiger partial charge in [-0.2, -0.15) is 0 Å². The molecule has 0 aliphatic heterocycles. The molecule has 2 rings (SSSR count). The molecule has 4 nitrogen and oxygen atoms in total. The summed E-state index contributed by atoms with van der Waals surface area (Å²) < 4.78 is 0.905. The molecule has 0 atom stereocenters. The maximum atomic E-state index is 10.8. The number of hydrogen-bond acceptors (Lipinski definition) is 4. The maximum absolute atomic E-state index is 10.8. The zero-order valence-electron chi connectivity index (χ0n) is 7.65. The smallest absolute Gasteiger partial charge is 0.356 e. The summed E-state index contributed by atoms with van der Waals surface area (Å²) in [6.07, 6.45) is 1.29. The van der Waals surface area contributed by atoms with Crippen LogP contribution in [0.3, 0.4) is 0 Å². The summed E-state index contributed by atoms with van der Waals surface area (Å²) in [6.45, 7) is 0. The van der Waals surface area contributed by atoms with Crippen molar-refractivity contribution >= 4 is 44.8 Å². The molecule has 7 heteroatoms. The second-order valence-electron chi connectivity index (χ2n) is 2.82. The fourth-order valence-corrected chi connectivity index (χ4v) is 2.61. The van der Waals surface area contributed by atoms with Crippen LogP contribution < -0.4 is 0 Å². The summed E-state index contributed by atoms with van der Waals surface area (Å²) >= 11 is 10.4. The molecule has 2 aromatic heterocycles. The molecule has 1 N–H and O–H groups in total. The van der Waals surface area contributed by atoms with E-state index in [-0.39, 0.29) is 10.7 Å². The van der Waals surface area contributed by atoms with Gasteiger partial charge in [0.05, 0.1) is 16.1 Å². The fourth-order valence-electron chi connectivity index (χ4n) is 1.07. The SMILES string of the molecule is O=C(O)c1nc(-c2cc(Br)cs2)ncc1Cl. The van der Waals surface area contributed by atoms with Crippen LogP contribution in [0, 0.1) is 0 Å². The molecule has 0 unspecified atom stereocenters. The molecule has 82 valence electrons. The number of carboxylic acid groups (broad SMARTS) is 1. The van der Waals surface area contributed by atoms with Crippen molar-refractivity contribution in [2.24, 2.45) is 0 Å². The molecule has 16 heavy (non-hydrogen) atoms. The number of halogens is 2. The third-order valence-corrected chi connectivity index (χ3v) is 3.70. The van der Waals surface area contributed by atoms with Crippen LogP contribution in [0.4, 0.5) is 0 Å². The zero-order valence-corrected chi connectivity index (χ0v) is 10.8. The summed E-state index contributed by atoms with van der Waals surface area (Å²) in [6, 6.07) is 1.82. The van der Waals surface area contributed by atoms with Crippen LogP contribution in [0.15, 0.2) is 22.1 Å². The van der Waals surface area contributed by atoms with Crippen LogP contribution in [0.1, 0.15) is 10.5 Å². The maximum Gasteiger partial charge on any atom is 0.356 e. The van der Waals surface area contributed by atoms with Gasteiger partial charge in [-0.05, 0) is 22.0 Å². The fraction of sp³-hybridized carbons (Fsp3) is 0. The number of hydrogen-bond donors (Lipinski definition) is 1. The van der Waals surface area contributed by atoms with Gasteiger partial charge in [0, 0.05) is 9.85 Å². The number of thiophene rings is 1. The quantitative estimate of drug-likeness (QED) is 0.922. The predicted octanol–water partition coefficient (Wildman–Crippen LogP) is 3.32. The molecule has 0 fully saturated rings. The van der Waals surface area contributed by atoms with E-state index in [1.165, 1.54) is 17.5 Å². The van der Waals surface area contributed by atoms with Crippen LogP contribution >= 0.6 is 38.9 Å². The van der Waals surface area contributed by atoms with Gasteiger partial charge in [-0.1, -0.05) is 11.6 Å². The Morgan fingerprint density at radius 1 is 1.56 bits per heavy atom. The van der Waals surface area contributed by atoms with Gasteiger partial charge in [-0.15, -0.1) is 11.3 Å². The molecule has 0 radical (unpaired) electrons. The summed E-state index contributed by atoms with van der Waals surface area (Å²) in [4.78, 5) is 19.5. The monoisotopic (exact) mass is 318 g/mol. The van der Waals surface area contributed by atoms with Gasteiger partial charge >= 0.3 is 5.97 Å². The Hall–Kier alpha value is -0.980. The molecule has 0 aliphatic rings. The summed E-state index contributed by atoms with van der Waals surface area (Å²) in [5.41, 5.74) is -0.184. The van der Waals surface area contributed by atoms with Crippen molar-refractivity contribution in [2.45, 2.75) is 0 Å². The van der Waals surface area contributed by atoms with Crippen molar-refractivity contribution in [3.8, 4) is 10.7 Å². The van der Waals surface area contributed by atoms with Gasteiger partial charge in [0.25, 0.3) is 0 Å². The lowest BCUT2D eigenvalue weighted by Gasteiger charge is -1.99. The van der Waals surface area contributed by atoms with E-state index in [2.05, 4.69) is 25.9 Å². The van der Waals surface area contributed by atoms with Crippen molar-refractivity contribution in [3.63, 3.8) is 0 Å². The molecule has 2 heterocycles. The first-order valence-corrected chi connectivity index (χ1v) is 6.13. The normalized spacial score (nSPS) is 10.4. The number of carboxylic acids is 1. The molecular formula is C9H4BrClN2O2S. The molecule has 0 aliphatic carbocycles. The van der Waals surface area contributed by atoms with Crippen LogP contribution in [0.2, 0.25) is 5.02 Å². The Labute approximate surface area is 108 Å². The minimum Gasteiger partial charge on any atom is -0.476 e. The predicted molar refractivity (Wildman–Crippen MR) is 65.0 cm³/mol. The lowest BCUT2D eigenvalue weighted by atomic mass is 10.3. The number of nitrogens with zero attached hydrogens (tertiary/aromatic N) is 2. The van der Waals surface area contributed by atoms with E-state index in [9.17, 15) is 4.79 Å². The van der Waals surface area contributed by atoms with E-state index in [4.69, 9.17) is 16.7 Å². The van der Waals surface area contributed by atoms with Crippen LogP contribution in [-0.2, 0) is 0 Å². The van der Waals surface area contributed by atoms with Crippen molar-refractivity contribution in [1.82, 2.24) is 9.97 Å². The standard InChI is InChI=1S/C9H4BrClN2O2S/c10-4-1-6(16-3-4)8-12-2-5(11)7(13-8)9(14)15/h1-3H,(H,14,15). The Bertz CT molecular complexity index is 558. The Morgan fingerprint density at radius 3 is 2.88 bits per heavy atom. The van der Waals surface area contributed by atoms with E-state index in [0.29, 0.717) is 5.82 Å². The molecule has 0 aromatic carbocycles. The third kappa shape index (κ3) is 2.23. The van der Waals surface area contributed by atoms with Gasteiger partial charge in [-0.3, -0.25) is 0 Å². The van der Waals surface area contributed by atoms with Gasteiger partial charge in [0.15, 0.2) is 11.5 Å². The van der Waals surface area contributed by atoms with Crippen molar-refractivity contribution < 1.29 is 9.90 Å². The minimum atomic E-state index is -1.16. The highest BCUT2D eigenvalue weighted by Crippen LogP contribution is 2.28. The highest BCUT2D eigenvalue weighted by atomic mass is 79.9. The second-order valence-corrected chi connectivity index (χ2v) is 5.06. The highest BCUT2D eigenvalue weighted by Gasteiger charge is 2.14. The number of rotatable bonds is 2. The summed E-state index contributed by atoms with van der Waals surface area (Å²) in [5.74, 6) is -0.804. The zero-order chi connectivity index (χ0) is 11.7. The second kappa shape index (κ2) is 4.48. The van der Waals surface area contributed by atoms with Gasteiger partial charge in [-0.25, -0.2) is 14.8 Å². The average molecular weight is 320 g/mol. The Balaban J connectivity index is 2.51. The van der Waals surface area contributed by atoms with E-state index in [1.54, 1.807) is 0 Å².